The number of β-amino-alcohol motifs (C(OH)–C–C–N with tert-alkyl or cyclic N) is 1. The SMILES string of the molecule is CCOc1cc(-c2ccc(C3CCN(CC(C)(C)F)CC3)cc2)c(OCC)c(F)c1C(=O)N1CCCC(O)C1. The van der Waals surface area contributed by atoms with Crippen molar-refractivity contribution in [2.75, 3.05) is 45.9 Å². The molecule has 0 aromatic heterocycles. The van der Waals surface area contributed by atoms with E-state index in [1.54, 1.807) is 33.8 Å². The molecule has 4 rings (SSSR count). The number of aliphatic hydroxyl groups excluding tert-OH is 1. The Labute approximate surface area is 230 Å². The van der Waals surface area contributed by atoms with Gasteiger partial charge in [-0.3, -0.25) is 4.79 Å². The predicted octanol–water partition coefficient (Wildman–Crippen LogP) is 5.81. The normalized spacial score (nSPS) is 19.3. The summed E-state index contributed by atoms with van der Waals surface area (Å²) in [6.45, 7) is 10.1. The Morgan fingerprint density at radius 3 is 2.31 bits per heavy atom. The fourth-order valence-electron chi connectivity index (χ4n) is 5.77. The van der Waals surface area contributed by atoms with E-state index in [1.807, 2.05) is 12.1 Å². The Morgan fingerprint density at radius 1 is 1.05 bits per heavy atom. The first-order valence-corrected chi connectivity index (χ1v) is 14.2. The fourth-order valence-corrected chi connectivity index (χ4v) is 5.77. The van der Waals surface area contributed by atoms with Crippen LogP contribution in [0.4, 0.5) is 8.78 Å². The minimum absolute atomic E-state index is 0.0248. The first-order chi connectivity index (χ1) is 18.6. The maximum absolute atomic E-state index is 16.1. The monoisotopic (exact) mass is 544 g/mol. The van der Waals surface area contributed by atoms with Crippen LogP contribution in [0.1, 0.15) is 75.2 Å². The molecule has 0 radical (unpaired) electrons. The molecule has 2 saturated heterocycles. The lowest BCUT2D eigenvalue weighted by molar-refractivity contribution is 0.0465. The topological polar surface area (TPSA) is 62.2 Å². The fraction of sp³-hybridized carbons (Fsp3) is 0.581. The first-order valence-electron chi connectivity index (χ1n) is 14.2. The Balaban J connectivity index is 1.61. The lowest BCUT2D eigenvalue weighted by Crippen LogP contribution is -2.42. The van der Waals surface area contributed by atoms with Crippen molar-refractivity contribution in [2.45, 2.75) is 71.1 Å². The van der Waals surface area contributed by atoms with Crippen LogP contribution in [0, 0.1) is 5.82 Å². The highest BCUT2D eigenvalue weighted by Gasteiger charge is 2.32. The molecule has 8 heteroatoms. The third-order valence-corrected chi connectivity index (χ3v) is 7.55. The van der Waals surface area contributed by atoms with Gasteiger partial charge in [0.05, 0.1) is 19.3 Å². The molecule has 2 aromatic rings. The summed E-state index contributed by atoms with van der Waals surface area (Å²) in [7, 11) is 0. The van der Waals surface area contributed by atoms with Crippen LogP contribution >= 0.6 is 0 Å². The van der Waals surface area contributed by atoms with Gasteiger partial charge in [0.1, 0.15) is 17.0 Å². The van der Waals surface area contributed by atoms with Gasteiger partial charge in [0, 0.05) is 25.2 Å². The van der Waals surface area contributed by atoms with Crippen LogP contribution < -0.4 is 9.47 Å². The van der Waals surface area contributed by atoms with Gasteiger partial charge in [-0.15, -0.1) is 0 Å². The summed E-state index contributed by atoms with van der Waals surface area (Å²) >= 11 is 0. The summed E-state index contributed by atoms with van der Waals surface area (Å²) in [6.07, 6.45) is 2.59. The van der Waals surface area contributed by atoms with E-state index < -0.39 is 23.5 Å². The van der Waals surface area contributed by atoms with E-state index >= 15 is 4.39 Å². The molecule has 0 bridgehead atoms. The average molecular weight is 545 g/mol. The molecular weight excluding hydrogens is 502 g/mol. The molecule has 0 spiro atoms. The number of benzene rings is 2. The smallest absolute Gasteiger partial charge is 0.260 e. The molecule has 6 nitrogen and oxygen atoms in total. The van der Waals surface area contributed by atoms with Gasteiger partial charge < -0.3 is 24.4 Å². The van der Waals surface area contributed by atoms with Crippen molar-refractivity contribution in [3.05, 3.63) is 47.3 Å². The number of hydrogen-bond acceptors (Lipinski definition) is 5. The summed E-state index contributed by atoms with van der Waals surface area (Å²) in [5.41, 5.74) is 1.15. The summed E-state index contributed by atoms with van der Waals surface area (Å²) in [5, 5.41) is 10.1. The van der Waals surface area contributed by atoms with Gasteiger partial charge in [-0.25, -0.2) is 8.78 Å². The van der Waals surface area contributed by atoms with Crippen molar-refractivity contribution in [2.24, 2.45) is 0 Å². The third-order valence-electron chi connectivity index (χ3n) is 7.55. The second kappa shape index (κ2) is 12.6. The van der Waals surface area contributed by atoms with E-state index in [-0.39, 0.29) is 36.8 Å². The number of halogens is 2. The quantitative estimate of drug-likeness (QED) is 0.432. The number of nitrogens with zero attached hydrogens (tertiary/aromatic N) is 2. The number of rotatable bonds is 9. The van der Waals surface area contributed by atoms with Crippen LogP contribution in [-0.2, 0) is 0 Å². The number of likely N-dealkylation sites (tertiary alicyclic amines) is 2. The number of carbonyl (C=O) groups is 1. The van der Waals surface area contributed by atoms with Crippen molar-refractivity contribution in [1.82, 2.24) is 9.80 Å². The summed E-state index contributed by atoms with van der Waals surface area (Å²) in [5.74, 6) is -0.655. The Morgan fingerprint density at radius 2 is 1.72 bits per heavy atom. The van der Waals surface area contributed by atoms with Crippen LogP contribution in [-0.4, -0.2) is 78.5 Å². The molecule has 2 aliphatic heterocycles. The molecule has 1 unspecified atom stereocenters. The molecule has 1 atom stereocenters. The zero-order valence-corrected chi connectivity index (χ0v) is 23.6. The van der Waals surface area contributed by atoms with Crippen molar-refractivity contribution >= 4 is 5.91 Å². The highest BCUT2D eigenvalue weighted by molar-refractivity contribution is 5.99. The molecule has 0 saturated carbocycles. The molecule has 2 fully saturated rings. The van der Waals surface area contributed by atoms with E-state index in [0.717, 1.165) is 31.5 Å². The molecule has 1 N–H and O–H groups in total. The second-order valence-electron chi connectivity index (χ2n) is 11.2. The third kappa shape index (κ3) is 7.09. The van der Waals surface area contributed by atoms with Crippen molar-refractivity contribution < 1.29 is 28.2 Å². The molecule has 214 valence electrons. The van der Waals surface area contributed by atoms with E-state index in [0.29, 0.717) is 37.4 Å². The largest absolute Gasteiger partial charge is 0.493 e. The molecule has 0 aliphatic carbocycles. The number of aliphatic hydroxyl groups is 1. The van der Waals surface area contributed by atoms with Crippen LogP contribution in [0.3, 0.4) is 0 Å². The zero-order valence-electron chi connectivity index (χ0n) is 23.6. The first kappa shape index (κ1) is 29.3. The van der Waals surface area contributed by atoms with E-state index in [9.17, 15) is 14.3 Å². The van der Waals surface area contributed by atoms with Gasteiger partial charge in [0.15, 0.2) is 11.6 Å². The average Bonchev–Trinajstić information content (AvgIpc) is 2.90. The van der Waals surface area contributed by atoms with Crippen LogP contribution in [0.15, 0.2) is 30.3 Å². The van der Waals surface area contributed by atoms with Crippen molar-refractivity contribution in [3.8, 4) is 22.6 Å². The molecule has 39 heavy (non-hydrogen) atoms. The lowest BCUT2D eigenvalue weighted by atomic mass is 9.88. The minimum atomic E-state index is -1.20. The second-order valence-corrected chi connectivity index (χ2v) is 11.2. The highest BCUT2D eigenvalue weighted by atomic mass is 19.1. The number of hydrogen-bond donors (Lipinski definition) is 1. The van der Waals surface area contributed by atoms with Crippen LogP contribution in [0.25, 0.3) is 11.1 Å². The number of ether oxygens (including phenoxy) is 2. The maximum atomic E-state index is 16.1. The van der Waals surface area contributed by atoms with Crippen LogP contribution in [0.2, 0.25) is 0 Å². The number of piperidine rings is 2. The van der Waals surface area contributed by atoms with Crippen molar-refractivity contribution in [3.63, 3.8) is 0 Å². The zero-order chi connectivity index (χ0) is 28.2. The lowest BCUT2D eigenvalue weighted by Gasteiger charge is -2.34. The van der Waals surface area contributed by atoms with Crippen molar-refractivity contribution in [1.29, 1.82) is 0 Å². The van der Waals surface area contributed by atoms with Gasteiger partial charge in [0.25, 0.3) is 5.91 Å². The van der Waals surface area contributed by atoms with E-state index in [4.69, 9.17) is 9.47 Å². The summed E-state index contributed by atoms with van der Waals surface area (Å²) in [6, 6.07) is 9.75. The Hall–Kier alpha value is -2.71. The molecule has 1 amide bonds. The standard InChI is InChI=1S/C31H42F2N2O4/c1-5-38-26-18-25(29(39-6-2)28(32)27(26)30(37)35-15-7-8-24(36)19-35)23-11-9-21(10-12-23)22-13-16-34(17-14-22)20-31(3,4)33/h9-12,18,22,24,36H,5-8,13-17,19-20H2,1-4H3. The van der Waals surface area contributed by atoms with Gasteiger partial charge in [-0.1, -0.05) is 24.3 Å². The number of alkyl halides is 1. The summed E-state index contributed by atoms with van der Waals surface area (Å²) < 4.78 is 41.7. The van der Waals surface area contributed by atoms with Crippen LogP contribution in [0.5, 0.6) is 11.5 Å². The molecule has 2 aromatic carbocycles. The maximum Gasteiger partial charge on any atom is 0.260 e. The molecule has 2 aliphatic rings. The number of carbonyl (C=O) groups excluding carboxylic acids is 1. The number of amides is 1. The van der Waals surface area contributed by atoms with Gasteiger partial charge in [-0.05, 0) is 89.6 Å². The highest BCUT2D eigenvalue weighted by Crippen LogP contribution is 2.41. The predicted molar refractivity (Wildman–Crippen MR) is 149 cm³/mol. The Kier molecular flexibility index (Phi) is 9.49. The van der Waals surface area contributed by atoms with E-state index in [1.165, 1.54) is 10.5 Å². The molecular formula is C31H42F2N2O4. The summed E-state index contributed by atoms with van der Waals surface area (Å²) in [4.78, 5) is 17.1. The van der Waals surface area contributed by atoms with Gasteiger partial charge >= 0.3 is 0 Å². The minimum Gasteiger partial charge on any atom is -0.493 e. The molecule has 2 heterocycles. The van der Waals surface area contributed by atoms with Gasteiger partial charge in [0.2, 0.25) is 0 Å². The Bertz CT molecular complexity index is 1120. The van der Waals surface area contributed by atoms with Gasteiger partial charge in [-0.2, -0.15) is 0 Å². The van der Waals surface area contributed by atoms with E-state index in [2.05, 4.69) is 17.0 Å².